The highest BCUT2D eigenvalue weighted by molar-refractivity contribution is 5.95. The van der Waals surface area contributed by atoms with Crippen molar-refractivity contribution in [2.75, 3.05) is 6.54 Å². The minimum Gasteiger partial charge on any atom is -0.478 e. The summed E-state index contributed by atoms with van der Waals surface area (Å²) in [7, 11) is 0. The average Bonchev–Trinajstić information content (AvgIpc) is 3.13. The summed E-state index contributed by atoms with van der Waals surface area (Å²) in [6.45, 7) is 4.18. The summed E-state index contributed by atoms with van der Waals surface area (Å²) in [6, 6.07) is 13.3. The molecule has 0 aliphatic carbocycles. The summed E-state index contributed by atoms with van der Waals surface area (Å²) in [5.74, 6) is -2.43. The van der Waals surface area contributed by atoms with Gasteiger partial charge in [0.15, 0.2) is 0 Å². The molecule has 0 atom stereocenters. The lowest BCUT2D eigenvalue weighted by atomic mass is 10.0. The second-order valence-electron chi connectivity index (χ2n) is 7.96. The number of fused-ring (bicyclic) bond motifs is 1. The SMILES string of the molecule is Cc1[nH]c2c(F)ccc(C)c2c1CCNC(=O)c1ccc(-c2cc(F)cc(C(=O)O)c2)cc1. The number of aromatic carboxylic acids is 1. The van der Waals surface area contributed by atoms with Crippen molar-refractivity contribution in [1.82, 2.24) is 10.3 Å². The number of hydrogen-bond donors (Lipinski definition) is 3. The predicted molar refractivity (Wildman–Crippen MR) is 123 cm³/mol. The molecule has 0 bridgehead atoms. The van der Waals surface area contributed by atoms with E-state index in [4.69, 9.17) is 5.11 Å². The van der Waals surface area contributed by atoms with E-state index in [1.165, 1.54) is 18.2 Å². The number of carbonyl (C=O) groups excluding carboxylic acids is 1. The lowest BCUT2D eigenvalue weighted by molar-refractivity contribution is 0.0696. The second kappa shape index (κ2) is 8.86. The Balaban J connectivity index is 1.45. The first-order valence-electron chi connectivity index (χ1n) is 10.4. The number of aromatic nitrogens is 1. The zero-order chi connectivity index (χ0) is 23.7. The number of benzene rings is 3. The number of hydrogen-bond acceptors (Lipinski definition) is 2. The molecule has 4 aromatic rings. The van der Waals surface area contributed by atoms with E-state index in [1.54, 1.807) is 30.3 Å². The number of carboxylic acid groups (broad SMARTS) is 1. The summed E-state index contributed by atoms with van der Waals surface area (Å²) in [5, 5.41) is 12.8. The van der Waals surface area contributed by atoms with E-state index in [-0.39, 0.29) is 17.3 Å². The van der Waals surface area contributed by atoms with Crippen molar-refractivity contribution in [2.24, 2.45) is 0 Å². The van der Waals surface area contributed by atoms with Gasteiger partial charge in [-0.05, 0) is 78.9 Å². The van der Waals surface area contributed by atoms with Crippen LogP contribution in [0.25, 0.3) is 22.0 Å². The fraction of sp³-hybridized carbons (Fsp3) is 0.154. The van der Waals surface area contributed by atoms with Gasteiger partial charge < -0.3 is 15.4 Å². The van der Waals surface area contributed by atoms with Crippen molar-refractivity contribution in [1.29, 1.82) is 0 Å². The van der Waals surface area contributed by atoms with Crippen molar-refractivity contribution in [3.63, 3.8) is 0 Å². The Morgan fingerprint density at radius 1 is 0.939 bits per heavy atom. The molecule has 0 unspecified atom stereocenters. The third-order valence-corrected chi connectivity index (χ3v) is 5.72. The highest BCUT2D eigenvalue weighted by atomic mass is 19.1. The van der Waals surface area contributed by atoms with E-state index in [1.807, 2.05) is 13.8 Å². The molecule has 7 heteroatoms. The third-order valence-electron chi connectivity index (χ3n) is 5.72. The maximum atomic E-state index is 14.1. The molecule has 1 aromatic heterocycles. The van der Waals surface area contributed by atoms with Gasteiger partial charge in [0.2, 0.25) is 0 Å². The normalized spacial score (nSPS) is 11.0. The van der Waals surface area contributed by atoms with Crippen molar-refractivity contribution < 1.29 is 23.5 Å². The van der Waals surface area contributed by atoms with E-state index in [9.17, 15) is 18.4 Å². The van der Waals surface area contributed by atoms with Gasteiger partial charge in [-0.3, -0.25) is 4.79 Å². The van der Waals surface area contributed by atoms with Gasteiger partial charge in [-0.15, -0.1) is 0 Å². The van der Waals surface area contributed by atoms with E-state index >= 15 is 0 Å². The van der Waals surface area contributed by atoms with Crippen molar-refractivity contribution in [3.05, 3.63) is 94.2 Å². The second-order valence-corrected chi connectivity index (χ2v) is 7.96. The Labute approximate surface area is 189 Å². The summed E-state index contributed by atoms with van der Waals surface area (Å²) < 4.78 is 27.9. The fourth-order valence-electron chi connectivity index (χ4n) is 4.05. The predicted octanol–water partition coefficient (Wildman–Crippen LogP) is 5.40. The zero-order valence-corrected chi connectivity index (χ0v) is 18.1. The fourth-order valence-corrected chi connectivity index (χ4v) is 4.05. The monoisotopic (exact) mass is 448 g/mol. The standard InChI is InChI=1S/C26H22F2N2O3/c1-14-3-8-22(28)24-23(14)21(15(2)30-24)9-10-29-25(31)17-6-4-16(5-7-17)18-11-19(26(32)33)13-20(27)12-18/h3-8,11-13,30H,9-10H2,1-2H3,(H,29,31)(H,32,33). The third kappa shape index (κ3) is 4.48. The molecule has 0 saturated heterocycles. The number of nitrogens with one attached hydrogen (secondary N) is 2. The number of H-pyrrole nitrogens is 1. The summed E-state index contributed by atoms with van der Waals surface area (Å²) in [4.78, 5) is 26.8. The Hall–Kier alpha value is -4.00. The molecule has 3 aromatic carbocycles. The van der Waals surface area contributed by atoms with Crippen LogP contribution in [0.15, 0.2) is 54.6 Å². The van der Waals surface area contributed by atoms with Crippen molar-refractivity contribution >= 4 is 22.8 Å². The number of halogens is 2. The van der Waals surface area contributed by atoms with Gasteiger partial charge in [0.25, 0.3) is 5.91 Å². The van der Waals surface area contributed by atoms with E-state index in [0.29, 0.717) is 35.2 Å². The van der Waals surface area contributed by atoms with Crippen LogP contribution < -0.4 is 5.32 Å². The molecule has 0 fully saturated rings. The zero-order valence-electron chi connectivity index (χ0n) is 18.1. The lowest BCUT2D eigenvalue weighted by Crippen LogP contribution is -2.25. The lowest BCUT2D eigenvalue weighted by Gasteiger charge is -2.08. The Morgan fingerprint density at radius 2 is 1.67 bits per heavy atom. The van der Waals surface area contributed by atoms with Gasteiger partial charge in [-0.2, -0.15) is 0 Å². The molecule has 0 aliphatic heterocycles. The minimum atomic E-state index is -1.21. The average molecular weight is 448 g/mol. The first-order chi connectivity index (χ1) is 15.7. The van der Waals surface area contributed by atoms with Crippen LogP contribution in [0.5, 0.6) is 0 Å². The van der Waals surface area contributed by atoms with Crippen molar-refractivity contribution in [2.45, 2.75) is 20.3 Å². The minimum absolute atomic E-state index is 0.144. The Morgan fingerprint density at radius 3 is 2.36 bits per heavy atom. The van der Waals surface area contributed by atoms with Crippen LogP contribution in [0.1, 0.15) is 37.5 Å². The summed E-state index contributed by atoms with van der Waals surface area (Å²) >= 11 is 0. The van der Waals surface area contributed by atoms with Crippen LogP contribution in [-0.2, 0) is 6.42 Å². The molecule has 5 nitrogen and oxygen atoms in total. The molecule has 0 radical (unpaired) electrons. The number of rotatable bonds is 6. The molecule has 168 valence electrons. The molecule has 1 amide bonds. The maximum Gasteiger partial charge on any atom is 0.335 e. The number of carboxylic acids is 1. The number of aromatic amines is 1. The molecule has 3 N–H and O–H groups in total. The molecule has 0 saturated carbocycles. The molecule has 33 heavy (non-hydrogen) atoms. The van der Waals surface area contributed by atoms with Crippen LogP contribution in [-0.4, -0.2) is 28.5 Å². The maximum absolute atomic E-state index is 14.1. The van der Waals surface area contributed by atoms with Gasteiger partial charge >= 0.3 is 5.97 Å². The Bertz CT molecular complexity index is 1370. The van der Waals surface area contributed by atoms with E-state index in [0.717, 1.165) is 28.3 Å². The van der Waals surface area contributed by atoms with Crippen molar-refractivity contribution in [3.8, 4) is 11.1 Å². The molecule has 4 rings (SSSR count). The largest absolute Gasteiger partial charge is 0.478 e. The van der Waals surface area contributed by atoms with Gasteiger partial charge in [0, 0.05) is 23.2 Å². The topological polar surface area (TPSA) is 82.2 Å². The highest BCUT2D eigenvalue weighted by Gasteiger charge is 2.15. The van der Waals surface area contributed by atoms with Gasteiger partial charge in [-0.25, -0.2) is 13.6 Å². The highest BCUT2D eigenvalue weighted by Crippen LogP contribution is 2.28. The first kappa shape index (κ1) is 22.2. The van der Waals surface area contributed by atoms with Crippen LogP contribution in [0, 0.1) is 25.5 Å². The quantitative estimate of drug-likeness (QED) is 0.369. The van der Waals surface area contributed by atoms with Gasteiger partial charge in [0.1, 0.15) is 11.6 Å². The molecule has 0 aliphatic rings. The van der Waals surface area contributed by atoms with E-state index < -0.39 is 11.8 Å². The van der Waals surface area contributed by atoms with Gasteiger partial charge in [-0.1, -0.05) is 18.2 Å². The van der Waals surface area contributed by atoms with E-state index in [2.05, 4.69) is 10.3 Å². The van der Waals surface area contributed by atoms with Gasteiger partial charge in [0.05, 0.1) is 11.1 Å². The Kier molecular flexibility index (Phi) is 5.96. The first-order valence-corrected chi connectivity index (χ1v) is 10.4. The van der Waals surface area contributed by atoms with Crippen LogP contribution >= 0.6 is 0 Å². The number of carbonyl (C=O) groups is 2. The summed E-state index contributed by atoms with van der Waals surface area (Å²) in [5.41, 5.74) is 4.58. The summed E-state index contributed by atoms with van der Waals surface area (Å²) in [6.07, 6.45) is 0.543. The number of amides is 1. The van der Waals surface area contributed by atoms with Crippen LogP contribution in [0.2, 0.25) is 0 Å². The van der Waals surface area contributed by atoms with Crippen LogP contribution in [0.4, 0.5) is 8.78 Å². The molecule has 1 heterocycles. The number of aryl methyl sites for hydroxylation is 2. The molecule has 0 spiro atoms. The van der Waals surface area contributed by atoms with Crippen LogP contribution in [0.3, 0.4) is 0 Å². The smallest absolute Gasteiger partial charge is 0.335 e. The molecular weight excluding hydrogens is 426 g/mol. The molecular formula is C26H22F2N2O3.